The number of fused-ring (bicyclic) bond motifs is 2. The van der Waals surface area contributed by atoms with Gasteiger partial charge in [0, 0.05) is 0 Å². The van der Waals surface area contributed by atoms with Gasteiger partial charge in [0.25, 0.3) is 0 Å². The van der Waals surface area contributed by atoms with E-state index in [9.17, 15) is 0 Å². The molecule has 2 aromatic carbocycles. The lowest BCUT2D eigenvalue weighted by Crippen LogP contribution is -2.29. The van der Waals surface area contributed by atoms with Crippen molar-refractivity contribution in [3.63, 3.8) is 0 Å². The van der Waals surface area contributed by atoms with E-state index >= 15 is 0 Å². The molecule has 2 aromatic rings. The minimum absolute atomic E-state index is 1.05. The first-order chi connectivity index (χ1) is 10.8. The van der Waals surface area contributed by atoms with Crippen molar-refractivity contribution >= 4 is 10.8 Å². The van der Waals surface area contributed by atoms with Crippen LogP contribution in [0.3, 0.4) is 0 Å². The Morgan fingerprint density at radius 2 is 1.50 bits per heavy atom. The van der Waals surface area contributed by atoms with E-state index in [4.69, 9.17) is 0 Å². The molecule has 2 aliphatic carbocycles. The van der Waals surface area contributed by atoms with Crippen LogP contribution >= 0.6 is 0 Å². The fourth-order valence-corrected chi connectivity index (χ4v) is 4.65. The van der Waals surface area contributed by atoms with E-state index in [0.717, 1.165) is 17.8 Å². The van der Waals surface area contributed by atoms with E-state index in [1.807, 2.05) is 0 Å². The van der Waals surface area contributed by atoms with Gasteiger partial charge in [0.2, 0.25) is 0 Å². The molecule has 4 rings (SSSR count). The van der Waals surface area contributed by atoms with Crippen LogP contribution in [0.2, 0.25) is 0 Å². The van der Waals surface area contributed by atoms with Crippen molar-refractivity contribution in [3.8, 4) is 0 Å². The van der Waals surface area contributed by atoms with Gasteiger partial charge in [0.1, 0.15) is 0 Å². The van der Waals surface area contributed by atoms with Gasteiger partial charge in [-0.05, 0) is 47.4 Å². The van der Waals surface area contributed by atoms with Gasteiger partial charge in [-0.2, -0.15) is 0 Å². The fraction of sp³-hybridized carbons (Fsp3) is 0.545. The van der Waals surface area contributed by atoms with E-state index < -0.39 is 0 Å². The summed E-state index contributed by atoms with van der Waals surface area (Å²) in [6.07, 6.45) is 10.7. The highest BCUT2D eigenvalue weighted by Gasteiger charge is 2.31. The molecular weight excluding hydrogens is 264 g/mol. The van der Waals surface area contributed by atoms with Gasteiger partial charge in [-0.15, -0.1) is 0 Å². The molecule has 0 aromatic heterocycles. The zero-order valence-electron chi connectivity index (χ0n) is 14.2. The zero-order chi connectivity index (χ0) is 15.4. The summed E-state index contributed by atoms with van der Waals surface area (Å²) in [5.41, 5.74) is 1.35. The SMILES string of the molecule is CC1CCCC2CCCCC12.Cc1cccc2ccccc12. The highest BCUT2D eigenvalue weighted by molar-refractivity contribution is 5.85. The molecule has 2 aliphatic rings. The smallest absolute Gasteiger partial charge is 0.0155 e. The summed E-state index contributed by atoms with van der Waals surface area (Å²) in [6, 6.07) is 14.8. The van der Waals surface area contributed by atoms with Crippen LogP contribution in [0.4, 0.5) is 0 Å². The van der Waals surface area contributed by atoms with Gasteiger partial charge >= 0.3 is 0 Å². The van der Waals surface area contributed by atoms with E-state index in [-0.39, 0.29) is 0 Å². The summed E-state index contributed by atoms with van der Waals surface area (Å²) in [6.45, 7) is 4.62. The first-order valence-electron chi connectivity index (χ1n) is 9.20. The van der Waals surface area contributed by atoms with Crippen molar-refractivity contribution in [2.75, 3.05) is 0 Å². The van der Waals surface area contributed by atoms with Gasteiger partial charge < -0.3 is 0 Å². The maximum absolute atomic E-state index is 2.47. The Balaban J connectivity index is 0.000000131. The zero-order valence-corrected chi connectivity index (χ0v) is 14.2. The Bertz CT molecular complexity index is 591. The molecule has 0 spiro atoms. The molecule has 118 valence electrons. The Morgan fingerprint density at radius 3 is 2.32 bits per heavy atom. The molecule has 0 N–H and O–H groups in total. The first kappa shape index (κ1) is 15.6. The molecule has 0 amide bonds. The van der Waals surface area contributed by atoms with Gasteiger partial charge in [-0.3, -0.25) is 0 Å². The van der Waals surface area contributed by atoms with Crippen molar-refractivity contribution in [1.29, 1.82) is 0 Å². The molecule has 2 saturated carbocycles. The lowest BCUT2D eigenvalue weighted by atomic mass is 9.66. The maximum Gasteiger partial charge on any atom is -0.0155 e. The summed E-state index contributed by atoms with van der Waals surface area (Å²) in [5, 5.41) is 2.68. The lowest BCUT2D eigenvalue weighted by molar-refractivity contribution is 0.114. The van der Waals surface area contributed by atoms with Crippen molar-refractivity contribution in [2.45, 2.75) is 58.8 Å². The van der Waals surface area contributed by atoms with Crippen molar-refractivity contribution in [1.82, 2.24) is 0 Å². The summed E-state index contributed by atoms with van der Waals surface area (Å²) in [5.74, 6) is 3.30. The van der Waals surface area contributed by atoms with Crippen molar-refractivity contribution in [2.24, 2.45) is 17.8 Å². The van der Waals surface area contributed by atoms with Gasteiger partial charge in [-0.25, -0.2) is 0 Å². The second kappa shape index (κ2) is 7.31. The van der Waals surface area contributed by atoms with Crippen LogP contribution in [0.15, 0.2) is 42.5 Å². The molecule has 2 fully saturated rings. The molecule has 0 heteroatoms. The summed E-state index contributed by atoms with van der Waals surface area (Å²) >= 11 is 0. The molecule has 0 heterocycles. The Kier molecular flexibility index (Phi) is 5.18. The third kappa shape index (κ3) is 3.54. The van der Waals surface area contributed by atoms with E-state index in [0.29, 0.717) is 0 Å². The predicted molar refractivity (Wildman–Crippen MR) is 97.1 cm³/mol. The third-order valence-electron chi connectivity index (χ3n) is 5.94. The topological polar surface area (TPSA) is 0 Å². The molecule has 3 atom stereocenters. The Hall–Kier alpha value is -1.30. The van der Waals surface area contributed by atoms with Crippen LogP contribution < -0.4 is 0 Å². The summed E-state index contributed by atoms with van der Waals surface area (Å²) < 4.78 is 0. The van der Waals surface area contributed by atoms with Crippen LogP contribution in [0.25, 0.3) is 10.8 Å². The summed E-state index contributed by atoms with van der Waals surface area (Å²) in [7, 11) is 0. The second-order valence-corrected chi connectivity index (χ2v) is 7.41. The molecule has 0 nitrogen and oxygen atoms in total. The van der Waals surface area contributed by atoms with Gasteiger partial charge in [0.05, 0.1) is 0 Å². The minimum atomic E-state index is 1.05. The highest BCUT2D eigenvalue weighted by Crippen LogP contribution is 2.43. The molecule has 0 radical (unpaired) electrons. The second-order valence-electron chi connectivity index (χ2n) is 7.41. The first-order valence-corrected chi connectivity index (χ1v) is 9.20. The fourth-order valence-electron chi connectivity index (χ4n) is 4.65. The molecule has 3 unspecified atom stereocenters. The number of rotatable bonds is 0. The Morgan fingerprint density at radius 1 is 0.773 bits per heavy atom. The average Bonchev–Trinajstić information content (AvgIpc) is 2.57. The van der Waals surface area contributed by atoms with Gasteiger partial charge in [0.15, 0.2) is 0 Å². The monoisotopic (exact) mass is 294 g/mol. The highest BCUT2D eigenvalue weighted by atomic mass is 14.4. The minimum Gasteiger partial charge on any atom is -0.0622 e. The molecule has 0 aliphatic heterocycles. The average molecular weight is 294 g/mol. The molecular formula is C22H30. The Labute approximate surface area is 135 Å². The van der Waals surface area contributed by atoms with Crippen molar-refractivity contribution < 1.29 is 0 Å². The van der Waals surface area contributed by atoms with E-state index in [1.165, 1.54) is 42.0 Å². The van der Waals surface area contributed by atoms with Crippen LogP contribution in [0.5, 0.6) is 0 Å². The predicted octanol–water partition coefficient (Wildman–Crippen LogP) is 6.76. The molecule has 22 heavy (non-hydrogen) atoms. The quantitative estimate of drug-likeness (QED) is 0.503. The van der Waals surface area contributed by atoms with E-state index in [2.05, 4.69) is 56.3 Å². The molecule has 0 saturated heterocycles. The van der Waals surface area contributed by atoms with Crippen LogP contribution in [0.1, 0.15) is 57.4 Å². The normalized spacial score (nSPS) is 27.6. The van der Waals surface area contributed by atoms with Gasteiger partial charge in [-0.1, -0.05) is 87.9 Å². The largest absolute Gasteiger partial charge is 0.0622 e. The summed E-state index contributed by atoms with van der Waals surface area (Å²) in [4.78, 5) is 0. The van der Waals surface area contributed by atoms with E-state index in [1.54, 1.807) is 19.3 Å². The number of hydrogen-bond acceptors (Lipinski definition) is 0. The van der Waals surface area contributed by atoms with Crippen molar-refractivity contribution in [3.05, 3.63) is 48.0 Å². The molecule has 0 bridgehead atoms. The maximum atomic E-state index is 2.47. The van der Waals surface area contributed by atoms with Crippen LogP contribution in [0, 0.1) is 24.7 Å². The lowest BCUT2D eigenvalue weighted by Gasteiger charge is -2.39. The van der Waals surface area contributed by atoms with Crippen LogP contribution in [-0.4, -0.2) is 0 Å². The number of benzene rings is 2. The third-order valence-corrected chi connectivity index (χ3v) is 5.94. The standard InChI is InChI=1S/C11H20.C11H10/c2*1-9-5-4-7-10-6-2-3-8-11(9)10/h9-11H,2-8H2,1H3;2-8H,1H3. The van der Waals surface area contributed by atoms with Crippen LogP contribution in [-0.2, 0) is 0 Å². The number of aryl methyl sites for hydroxylation is 1. The number of hydrogen-bond donors (Lipinski definition) is 0.